The van der Waals surface area contributed by atoms with E-state index in [0.29, 0.717) is 37.4 Å². The molecule has 1 aromatic heterocycles. The zero-order valence-corrected chi connectivity index (χ0v) is 17.5. The van der Waals surface area contributed by atoms with Crippen molar-refractivity contribution in [3.8, 4) is 5.75 Å². The number of amides is 1. The lowest BCUT2D eigenvalue weighted by Crippen LogP contribution is -2.40. The van der Waals surface area contributed by atoms with Crippen molar-refractivity contribution in [3.63, 3.8) is 0 Å². The van der Waals surface area contributed by atoms with Crippen molar-refractivity contribution in [2.24, 2.45) is 5.92 Å². The summed E-state index contributed by atoms with van der Waals surface area (Å²) in [5.41, 5.74) is 0.619. The monoisotopic (exact) mass is 427 g/mol. The molecule has 1 aliphatic rings. The van der Waals surface area contributed by atoms with Crippen molar-refractivity contribution in [1.29, 1.82) is 0 Å². The summed E-state index contributed by atoms with van der Waals surface area (Å²) in [4.78, 5) is 42.5. The fraction of sp³-hybridized carbons (Fsp3) is 0.364. The Morgan fingerprint density at radius 3 is 2.65 bits per heavy atom. The third kappa shape index (κ3) is 5.30. The number of aromatic carboxylic acids is 1. The van der Waals surface area contributed by atoms with Gasteiger partial charge in [0.2, 0.25) is 0 Å². The maximum atomic E-state index is 12.5. The van der Waals surface area contributed by atoms with Gasteiger partial charge in [-0.15, -0.1) is 0 Å². The van der Waals surface area contributed by atoms with E-state index in [2.05, 4.69) is 10.3 Å². The Kier molecular flexibility index (Phi) is 7.07. The second-order valence-electron chi connectivity index (χ2n) is 7.12. The normalized spacial score (nSPS) is 15.8. The topological polar surface area (TPSA) is 118 Å². The molecule has 0 radical (unpaired) electrons. The van der Waals surface area contributed by atoms with E-state index in [0.717, 1.165) is 6.42 Å². The Labute approximate surface area is 180 Å². The summed E-state index contributed by atoms with van der Waals surface area (Å²) >= 11 is 0. The SMILES string of the molecule is CCOC(=O)[C@H]1CCCN(c2ncc(NC(=O)c3ccc(OC)cc3)cc2C(=O)O)C1. The molecule has 2 N–H and O–H groups in total. The average molecular weight is 427 g/mol. The van der Waals surface area contributed by atoms with Gasteiger partial charge in [0.1, 0.15) is 17.1 Å². The van der Waals surface area contributed by atoms with Crippen LogP contribution >= 0.6 is 0 Å². The molecule has 2 aromatic rings. The van der Waals surface area contributed by atoms with E-state index in [1.165, 1.54) is 19.4 Å². The van der Waals surface area contributed by atoms with Gasteiger partial charge in [-0.2, -0.15) is 0 Å². The number of hydrogen-bond acceptors (Lipinski definition) is 7. The van der Waals surface area contributed by atoms with E-state index in [9.17, 15) is 19.5 Å². The lowest BCUT2D eigenvalue weighted by Gasteiger charge is -2.33. The van der Waals surface area contributed by atoms with Crippen LogP contribution < -0.4 is 15.0 Å². The molecule has 1 fully saturated rings. The van der Waals surface area contributed by atoms with Crippen LogP contribution in [0.1, 0.15) is 40.5 Å². The molecule has 0 bridgehead atoms. The number of nitrogens with zero attached hydrogens (tertiary/aromatic N) is 2. The van der Waals surface area contributed by atoms with E-state index in [1.54, 1.807) is 36.1 Å². The third-order valence-electron chi connectivity index (χ3n) is 5.05. The number of carbonyl (C=O) groups is 3. The molecule has 31 heavy (non-hydrogen) atoms. The van der Waals surface area contributed by atoms with Crippen LogP contribution in [0, 0.1) is 5.92 Å². The van der Waals surface area contributed by atoms with Crippen LogP contribution in [-0.2, 0) is 9.53 Å². The standard InChI is InChI=1S/C22H25N3O6/c1-3-31-22(29)15-5-4-10-25(13-15)19-18(21(27)28)11-16(12-23-19)24-20(26)14-6-8-17(30-2)9-7-14/h6-9,11-12,15H,3-5,10,13H2,1-2H3,(H,24,26)(H,27,28)/t15-/m0/s1. The molecule has 1 amide bonds. The first-order valence-corrected chi connectivity index (χ1v) is 10.0. The van der Waals surface area contributed by atoms with Crippen LogP contribution in [0.4, 0.5) is 11.5 Å². The van der Waals surface area contributed by atoms with Crippen molar-refractivity contribution in [2.75, 3.05) is 37.0 Å². The van der Waals surface area contributed by atoms with Crippen molar-refractivity contribution < 1.29 is 29.0 Å². The number of carbonyl (C=O) groups excluding carboxylic acids is 2. The van der Waals surface area contributed by atoms with Gasteiger partial charge < -0.3 is 24.8 Å². The fourth-order valence-corrected chi connectivity index (χ4v) is 3.50. The van der Waals surface area contributed by atoms with Crippen molar-refractivity contribution in [3.05, 3.63) is 47.7 Å². The van der Waals surface area contributed by atoms with Gasteiger partial charge in [0.05, 0.1) is 31.5 Å². The minimum absolute atomic E-state index is 0.0444. The second-order valence-corrected chi connectivity index (χ2v) is 7.12. The highest BCUT2D eigenvalue weighted by Gasteiger charge is 2.29. The summed E-state index contributed by atoms with van der Waals surface area (Å²) < 4.78 is 10.2. The summed E-state index contributed by atoms with van der Waals surface area (Å²) in [7, 11) is 1.53. The molecule has 9 heteroatoms. The molecule has 1 aromatic carbocycles. The van der Waals surface area contributed by atoms with Gasteiger partial charge >= 0.3 is 11.9 Å². The van der Waals surface area contributed by atoms with Gasteiger partial charge in [-0.05, 0) is 50.1 Å². The summed E-state index contributed by atoms with van der Waals surface area (Å²) in [5.74, 6) is -1.28. The van der Waals surface area contributed by atoms with Gasteiger partial charge in [-0.1, -0.05) is 0 Å². The quantitative estimate of drug-likeness (QED) is 0.648. The van der Waals surface area contributed by atoms with E-state index >= 15 is 0 Å². The Bertz CT molecular complexity index is 960. The van der Waals surface area contributed by atoms with Gasteiger partial charge in [-0.25, -0.2) is 9.78 Å². The van der Waals surface area contributed by atoms with Crippen LogP contribution in [0.25, 0.3) is 0 Å². The Hall–Kier alpha value is -3.62. The number of carboxylic acid groups (broad SMARTS) is 1. The van der Waals surface area contributed by atoms with Crippen LogP contribution in [-0.4, -0.2) is 54.7 Å². The smallest absolute Gasteiger partial charge is 0.339 e. The largest absolute Gasteiger partial charge is 0.497 e. The molecule has 0 spiro atoms. The Balaban J connectivity index is 1.78. The van der Waals surface area contributed by atoms with Crippen molar-refractivity contribution in [2.45, 2.75) is 19.8 Å². The molecule has 164 valence electrons. The molecule has 0 saturated carbocycles. The van der Waals surface area contributed by atoms with E-state index in [1.807, 2.05) is 0 Å². The number of anilines is 2. The molecule has 0 aliphatic carbocycles. The first kappa shape index (κ1) is 22.1. The van der Waals surface area contributed by atoms with E-state index < -0.39 is 11.9 Å². The number of methoxy groups -OCH3 is 1. The number of piperidine rings is 1. The minimum atomic E-state index is -1.17. The zero-order valence-electron chi connectivity index (χ0n) is 17.5. The molecular weight excluding hydrogens is 402 g/mol. The number of esters is 1. The van der Waals surface area contributed by atoms with Gasteiger partial charge in [0.25, 0.3) is 5.91 Å². The van der Waals surface area contributed by atoms with Crippen LogP contribution in [0.3, 0.4) is 0 Å². The predicted molar refractivity (Wildman–Crippen MR) is 114 cm³/mol. The maximum absolute atomic E-state index is 12.5. The number of rotatable bonds is 7. The van der Waals surface area contributed by atoms with Gasteiger partial charge in [-0.3, -0.25) is 9.59 Å². The summed E-state index contributed by atoms with van der Waals surface area (Å²) in [6.45, 7) is 2.97. The summed E-state index contributed by atoms with van der Waals surface area (Å²) in [6.07, 6.45) is 2.82. The molecule has 1 aliphatic heterocycles. The van der Waals surface area contributed by atoms with E-state index in [-0.39, 0.29) is 29.0 Å². The maximum Gasteiger partial charge on any atom is 0.339 e. The lowest BCUT2D eigenvalue weighted by molar-refractivity contribution is -0.148. The Morgan fingerprint density at radius 1 is 1.26 bits per heavy atom. The molecule has 2 heterocycles. The number of nitrogens with one attached hydrogen (secondary N) is 1. The number of ether oxygens (including phenoxy) is 2. The number of aromatic nitrogens is 1. The van der Waals surface area contributed by atoms with Gasteiger partial charge in [0.15, 0.2) is 0 Å². The molecule has 1 saturated heterocycles. The van der Waals surface area contributed by atoms with Crippen molar-refractivity contribution >= 4 is 29.4 Å². The third-order valence-corrected chi connectivity index (χ3v) is 5.05. The molecule has 1 atom stereocenters. The summed E-state index contributed by atoms with van der Waals surface area (Å²) in [5, 5.41) is 12.4. The van der Waals surface area contributed by atoms with Crippen LogP contribution in [0.2, 0.25) is 0 Å². The van der Waals surface area contributed by atoms with Crippen LogP contribution in [0.5, 0.6) is 5.75 Å². The van der Waals surface area contributed by atoms with Crippen molar-refractivity contribution in [1.82, 2.24) is 4.98 Å². The van der Waals surface area contributed by atoms with Crippen LogP contribution in [0.15, 0.2) is 36.5 Å². The number of benzene rings is 1. The zero-order chi connectivity index (χ0) is 22.4. The average Bonchev–Trinajstić information content (AvgIpc) is 2.79. The first-order valence-electron chi connectivity index (χ1n) is 10.0. The highest BCUT2D eigenvalue weighted by molar-refractivity contribution is 6.05. The molecule has 3 rings (SSSR count). The fourth-order valence-electron chi connectivity index (χ4n) is 3.50. The highest BCUT2D eigenvalue weighted by atomic mass is 16.5. The number of hydrogen-bond donors (Lipinski definition) is 2. The highest BCUT2D eigenvalue weighted by Crippen LogP contribution is 2.27. The molecule has 9 nitrogen and oxygen atoms in total. The number of carboxylic acids is 1. The lowest BCUT2D eigenvalue weighted by atomic mass is 9.98. The Morgan fingerprint density at radius 2 is 2.00 bits per heavy atom. The first-order chi connectivity index (χ1) is 14.9. The molecule has 0 unspecified atom stereocenters. The predicted octanol–water partition coefficient (Wildman–Crippen LogP) is 2.82. The summed E-state index contributed by atoms with van der Waals surface area (Å²) in [6, 6.07) is 7.92. The number of pyridine rings is 1. The molecular formula is C22H25N3O6. The van der Waals surface area contributed by atoms with Gasteiger partial charge in [0, 0.05) is 18.7 Å². The second kappa shape index (κ2) is 9.92. The minimum Gasteiger partial charge on any atom is -0.497 e. The van der Waals surface area contributed by atoms with E-state index in [4.69, 9.17) is 9.47 Å².